The highest BCUT2D eigenvalue weighted by molar-refractivity contribution is 6.09. The monoisotopic (exact) mass is 520 g/mol. The van der Waals surface area contributed by atoms with Crippen molar-refractivity contribution >= 4 is 28.5 Å². The lowest BCUT2D eigenvalue weighted by atomic mass is 9.69. The van der Waals surface area contributed by atoms with Crippen LogP contribution in [-0.2, 0) is 19.1 Å². The van der Waals surface area contributed by atoms with E-state index < -0.39 is 71.8 Å². The molecule has 4 rings (SSSR count). The second-order valence-corrected chi connectivity index (χ2v) is 9.65. The number of carbonyl (C=O) groups excluding carboxylic acids is 2. The Bertz CT molecular complexity index is 1250. The van der Waals surface area contributed by atoms with E-state index in [-0.39, 0.29) is 28.7 Å². The number of hydrogen-bond acceptors (Lipinski definition) is 11. The van der Waals surface area contributed by atoms with Gasteiger partial charge in [-0.1, -0.05) is 12.1 Å². The zero-order valence-corrected chi connectivity index (χ0v) is 20.2. The number of ketones is 1. The van der Waals surface area contributed by atoms with Gasteiger partial charge in [0.1, 0.15) is 35.9 Å². The molecular weight excluding hydrogens is 492 g/mol. The number of aliphatic carboxylic acids is 1. The van der Waals surface area contributed by atoms with Crippen LogP contribution in [0.5, 0.6) is 11.5 Å². The summed E-state index contributed by atoms with van der Waals surface area (Å²) >= 11 is 0. The molecule has 2 aliphatic rings. The van der Waals surface area contributed by atoms with Crippen molar-refractivity contribution in [2.24, 2.45) is 0 Å². The maximum atomic E-state index is 13.0. The highest BCUT2D eigenvalue weighted by atomic mass is 16.7. The molecule has 12 nitrogen and oxygen atoms in total. The fourth-order valence-electron chi connectivity index (χ4n) is 5.28. The summed E-state index contributed by atoms with van der Waals surface area (Å²) in [6, 6.07) is 6.02. The first-order valence-electron chi connectivity index (χ1n) is 11.5. The second kappa shape index (κ2) is 9.54. The van der Waals surface area contributed by atoms with Crippen molar-refractivity contribution in [2.75, 3.05) is 0 Å². The smallest absolute Gasteiger partial charge is 0.335 e. The third kappa shape index (κ3) is 4.62. The van der Waals surface area contributed by atoms with Crippen LogP contribution in [0, 0.1) is 0 Å². The van der Waals surface area contributed by atoms with Gasteiger partial charge in [0.15, 0.2) is 11.9 Å². The number of aliphatic hydroxyl groups excluding tert-OH is 3. The molecule has 0 saturated carbocycles. The lowest BCUT2D eigenvalue weighted by Gasteiger charge is -2.41. The average Bonchev–Trinajstić information content (AvgIpc) is 2.77. The van der Waals surface area contributed by atoms with Gasteiger partial charge in [-0.25, -0.2) is 4.79 Å². The number of esters is 1. The molecule has 2 aromatic carbocycles. The average molecular weight is 520 g/mol. The van der Waals surface area contributed by atoms with E-state index in [0.717, 1.165) is 0 Å². The third-order valence-corrected chi connectivity index (χ3v) is 6.81. The van der Waals surface area contributed by atoms with E-state index in [0.29, 0.717) is 5.39 Å². The predicted molar refractivity (Wildman–Crippen MR) is 124 cm³/mol. The van der Waals surface area contributed by atoms with E-state index in [1.807, 2.05) is 0 Å². The van der Waals surface area contributed by atoms with Crippen molar-refractivity contribution in [2.45, 2.75) is 75.5 Å². The third-order valence-electron chi connectivity index (χ3n) is 6.81. The summed E-state index contributed by atoms with van der Waals surface area (Å²) in [6.07, 6.45) is -10.5. The van der Waals surface area contributed by atoms with Crippen LogP contribution < -0.4 is 4.74 Å². The Morgan fingerprint density at radius 1 is 1.16 bits per heavy atom. The van der Waals surface area contributed by atoms with E-state index in [4.69, 9.17) is 14.2 Å². The normalized spacial score (nSPS) is 32.5. The van der Waals surface area contributed by atoms with Crippen LogP contribution >= 0.6 is 0 Å². The molecule has 8 unspecified atom stereocenters. The van der Waals surface area contributed by atoms with Gasteiger partial charge in [-0.05, 0) is 36.9 Å². The number of phenols is 1. The molecule has 0 amide bonds. The first-order chi connectivity index (χ1) is 17.2. The zero-order valence-electron chi connectivity index (χ0n) is 20.2. The first kappa shape index (κ1) is 26.8. The largest absolute Gasteiger partial charge is 0.506 e. The number of aliphatic hydroxyl groups is 4. The minimum absolute atomic E-state index is 0.0262. The molecule has 0 radical (unpaired) electrons. The van der Waals surface area contributed by atoms with E-state index in [1.54, 1.807) is 19.1 Å². The number of carboxylic acids is 1. The number of fused-ring (bicyclic) bond motifs is 2. The minimum atomic E-state index is -1.91. The van der Waals surface area contributed by atoms with Crippen LogP contribution in [-0.4, -0.2) is 90.8 Å². The SMILES string of the molecule is CC(=O)OC(C)C1c2cc3cccc(OC4OC(C(=O)O)C(O)C(O)C4O)c3c(O)c2C(=O)CC1(C)O. The Kier molecular flexibility index (Phi) is 6.90. The molecule has 1 saturated heterocycles. The molecular formula is C25H28O12. The summed E-state index contributed by atoms with van der Waals surface area (Å²) in [5.74, 6) is -4.21. The lowest BCUT2D eigenvalue weighted by molar-refractivity contribution is -0.270. The number of benzene rings is 2. The molecule has 1 heterocycles. The van der Waals surface area contributed by atoms with E-state index in [1.165, 1.54) is 26.0 Å². The first-order valence-corrected chi connectivity index (χ1v) is 11.5. The number of ether oxygens (including phenoxy) is 3. The molecule has 200 valence electrons. The van der Waals surface area contributed by atoms with Crippen LogP contribution in [0.15, 0.2) is 24.3 Å². The number of Topliss-reactive ketones (excluding diaryl/α,β-unsaturated/α-hetero) is 1. The molecule has 1 aliphatic heterocycles. The number of hydrogen-bond donors (Lipinski definition) is 6. The van der Waals surface area contributed by atoms with E-state index >= 15 is 0 Å². The molecule has 0 aromatic heterocycles. The Hall–Kier alpha value is -3.29. The molecule has 0 bridgehead atoms. The molecule has 2 aromatic rings. The predicted octanol–water partition coefficient (Wildman–Crippen LogP) is 0.189. The van der Waals surface area contributed by atoms with E-state index in [2.05, 4.69) is 0 Å². The summed E-state index contributed by atoms with van der Waals surface area (Å²) in [6.45, 7) is 4.23. The van der Waals surface area contributed by atoms with Gasteiger partial charge >= 0.3 is 11.9 Å². The molecule has 12 heteroatoms. The summed E-state index contributed by atoms with van der Waals surface area (Å²) < 4.78 is 16.1. The summed E-state index contributed by atoms with van der Waals surface area (Å²) in [7, 11) is 0. The van der Waals surface area contributed by atoms with Crippen molar-refractivity contribution < 1.29 is 59.2 Å². The fourth-order valence-corrected chi connectivity index (χ4v) is 5.28. The Morgan fingerprint density at radius 3 is 2.46 bits per heavy atom. The number of carbonyl (C=O) groups is 3. The highest BCUT2D eigenvalue weighted by Gasteiger charge is 2.49. The van der Waals surface area contributed by atoms with Gasteiger partial charge in [0.25, 0.3) is 0 Å². The molecule has 1 fully saturated rings. The van der Waals surface area contributed by atoms with Gasteiger partial charge in [-0.15, -0.1) is 0 Å². The molecule has 0 spiro atoms. The van der Waals surface area contributed by atoms with Crippen molar-refractivity contribution in [3.63, 3.8) is 0 Å². The fraction of sp³-hybridized carbons (Fsp3) is 0.480. The summed E-state index contributed by atoms with van der Waals surface area (Å²) in [5, 5.41) is 62.3. The van der Waals surface area contributed by atoms with Gasteiger partial charge in [0.05, 0.1) is 22.5 Å². The van der Waals surface area contributed by atoms with Crippen molar-refractivity contribution in [3.05, 3.63) is 35.4 Å². The topological polar surface area (TPSA) is 200 Å². The maximum Gasteiger partial charge on any atom is 0.335 e. The van der Waals surface area contributed by atoms with Crippen LogP contribution in [0.3, 0.4) is 0 Å². The van der Waals surface area contributed by atoms with Crippen molar-refractivity contribution in [1.82, 2.24) is 0 Å². The van der Waals surface area contributed by atoms with Crippen LogP contribution in [0.25, 0.3) is 10.8 Å². The van der Waals surface area contributed by atoms with Gasteiger partial charge in [0, 0.05) is 13.3 Å². The highest BCUT2D eigenvalue weighted by Crippen LogP contribution is 2.49. The lowest BCUT2D eigenvalue weighted by Crippen LogP contribution is -2.61. The second-order valence-electron chi connectivity index (χ2n) is 9.65. The molecule has 8 atom stereocenters. The van der Waals surface area contributed by atoms with Crippen molar-refractivity contribution in [1.29, 1.82) is 0 Å². The molecule has 37 heavy (non-hydrogen) atoms. The molecule has 1 aliphatic carbocycles. The quantitative estimate of drug-likeness (QED) is 0.293. The Morgan fingerprint density at radius 2 is 1.84 bits per heavy atom. The molecule has 6 N–H and O–H groups in total. The van der Waals surface area contributed by atoms with E-state index in [9.17, 15) is 45.0 Å². The zero-order chi connectivity index (χ0) is 27.4. The number of phenolic OH excluding ortho intramolecular Hbond substituents is 1. The Labute approximate surface area is 210 Å². The van der Waals surface area contributed by atoms with Crippen LogP contribution in [0.4, 0.5) is 0 Å². The number of carboxylic acid groups (broad SMARTS) is 1. The van der Waals surface area contributed by atoms with Gasteiger partial charge in [0.2, 0.25) is 6.29 Å². The van der Waals surface area contributed by atoms with Crippen LogP contribution in [0.2, 0.25) is 0 Å². The van der Waals surface area contributed by atoms with Crippen molar-refractivity contribution in [3.8, 4) is 11.5 Å². The van der Waals surface area contributed by atoms with Gasteiger partial charge in [-0.2, -0.15) is 0 Å². The summed E-state index contributed by atoms with van der Waals surface area (Å²) in [4.78, 5) is 36.1. The van der Waals surface area contributed by atoms with Crippen LogP contribution in [0.1, 0.15) is 49.0 Å². The number of aromatic hydroxyl groups is 1. The summed E-state index contributed by atoms with van der Waals surface area (Å²) in [5.41, 5.74) is -1.44. The minimum Gasteiger partial charge on any atom is -0.506 e. The number of rotatable bonds is 5. The van der Waals surface area contributed by atoms with Gasteiger partial charge in [-0.3, -0.25) is 9.59 Å². The van der Waals surface area contributed by atoms with Gasteiger partial charge < -0.3 is 44.8 Å². The maximum absolute atomic E-state index is 13.0. The Balaban J connectivity index is 1.82. The standard InChI is InChI=1S/C25H28O12/c1-9(35-10(2)26)17-12-7-11-5-4-6-14(15(11)18(28)16(12)13(27)8-25(17,3)34)36-24-21(31)19(29)20(30)22(37-24)23(32)33/h4-7,9,17,19-22,24,28-31,34H,8H2,1-3H3,(H,32,33).